The van der Waals surface area contributed by atoms with E-state index >= 15 is 0 Å². The van der Waals surface area contributed by atoms with E-state index in [1.807, 2.05) is 36.4 Å². The molecule has 2 heterocycles. The summed E-state index contributed by atoms with van der Waals surface area (Å²) in [6, 6.07) is 55.9. The van der Waals surface area contributed by atoms with E-state index in [1.165, 1.54) is 49.3 Å². The molecule has 9 aromatic rings. The zero-order valence-corrected chi connectivity index (χ0v) is 30.3. The van der Waals surface area contributed by atoms with Gasteiger partial charge in [0, 0.05) is 32.9 Å². The van der Waals surface area contributed by atoms with Crippen LogP contribution in [0.1, 0.15) is 38.8 Å². The molecule has 0 saturated heterocycles. The SMILES string of the molecule is CC1(C)c2ccccc2-c2c(c3c(c4ccccc24)c2ccccc2n3-c2ccccc2-c2nc(-c3ccccc3)nc(-c3ccccc3)n2)C1(C)C. The lowest BCUT2D eigenvalue weighted by atomic mass is 9.54. The average molecular weight is 683 g/mol. The van der Waals surface area contributed by atoms with Crippen molar-refractivity contribution >= 4 is 32.6 Å². The monoisotopic (exact) mass is 682 g/mol. The highest BCUT2D eigenvalue weighted by Gasteiger charge is 2.48. The quantitative estimate of drug-likeness (QED) is 0.186. The standard InChI is InChI=1S/C49H38N4/c1-48(2)38-28-16-13-25-35(38)41-33-23-11-12-24-34(33)42-36-26-14-17-29-39(36)53(44(42)43(41)49(48,3)4)40-30-18-15-27-37(40)47-51-45(31-19-7-5-8-20-31)50-46(52-47)32-21-9-6-10-22-32/h5-30H,1-4H3. The third kappa shape index (κ3) is 4.51. The Balaban J connectivity index is 1.37. The second kappa shape index (κ2) is 11.6. The van der Waals surface area contributed by atoms with E-state index in [1.54, 1.807) is 0 Å². The summed E-state index contributed by atoms with van der Waals surface area (Å²) < 4.78 is 2.51. The van der Waals surface area contributed by atoms with Gasteiger partial charge >= 0.3 is 0 Å². The predicted molar refractivity (Wildman–Crippen MR) is 219 cm³/mol. The third-order valence-corrected chi connectivity index (χ3v) is 12.0. The number of nitrogens with zero attached hydrogens (tertiary/aromatic N) is 4. The summed E-state index contributed by atoms with van der Waals surface area (Å²) in [7, 11) is 0. The van der Waals surface area contributed by atoms with Gasteiger partial charge in [0.25, 0.3) is 0 Å². The first-order valence-electron chi connectivity index (χ1n) is 18.4. The summed E-state index contributed by atoms with van der Waals surface area (Å²) in [5, 5.41) is 5.06. The van der Waals surface area contributed by atoms with Crippen molar-refractivity contribution in [3.8, 4) is 51.0 Å². The van der Waals surface area contributed by atoms with E-state index in [4.69, 9.17) is 15.0 Å². The molecular weight excluding hydrogens is 645 g/mol. The summed E-state index contributed by atoms with van der Waals surface area (Å²) in [5.74, 6) is 1.93. The van der Waals surface area contributed by atoms with Crippen molar-refractivity contribution in [2.75, 3.05) is 0 Å². The molecule has 1 aliphatic carbocycles. The van der Waals surface area contributed by atoms with Crippen LogP contribution in [0, 0.1) is 0 Å². The average Bonchev–Trinajstić information content (AvgIpc) is 3.55. The smallest absolute Gasteiger partial charge is 0.166 e. The topological polar surface area (TPSA) is 43.6 Å². The molecule has 0 aliphatic heterocycles. The van der Waals surface area contributed by atoms with Crippen molar-refractivity contribution in [2.45, 2.75) is 38.5 Å². The fraction of sp³-hybridized carbons (Fsp3) is 0.122. The first kappa shape index (κ1) is 31.4. The van der Waals surface area contributed by atoms with E-state index in [2.05, 4.69) is 154 Å². The first-order chi connectivity index (χ1) is 25.8. The summed E-state index contributed by atoms with van der Waals surface area (Å²) in [5.41, 5.74) is 11.3. The predicted octanol–water partition coefficient (Wildman–Crippen LogP) is 12.4. The van der Waals surface area contributed by atoms with E-state index in [-0.39, 0.29) is 10.8 Å². The molecule has 2 aromatic heterocycles. The van der Waals surface area contributed by atoms with Gasteiger partial charge in [-0.15, -0.1) is 0 Å². The largest absolute Gasteiger partial charge is 0.308 e. The normalized spacial score (nSPS) is 14.3. The molecule has 1 aliphatic rings. The molecule has 0 spiro atoms. The highest BCUT2D eigenvalue weighted by atomic mass is 15.1. The van der Waals surface area contributed by atoms with Crippen LogP contribution in [0.3, 0.4) is 0 Å². The molecule has 0 saturated carbocycles. The van der Waals surface area contributed by atoms with Gasteiger partial charge in [-0.25, -0.2) is 15.0 Å². The fourth-order valence-electron chi connectivity index (χ4n) is 8.74. The molecule has 254 valence electrons. The van der Waals surface area contributed by atoms with E-state index < -0.39 is 0 Å². The number of aromatic nitrogens is 4. The minimum atomic E-state index is -0.242. The minimum absolute atomic E-state index is 0.157. The van der Waals surface area contributed by atoms with Gasteiger partial charge in [0.15, 0.2) is 17.5 Å². The highest BCUT2D eigenvalue weighted by molar-refractivity contribution is 6.26. The number of para-hydroxylation sites is 2. The van der Waals surface area contributed by atoms with E-state index in [9.17, 15) is 0 Å². The number of rotatable bonds is 4. The van der Waals surface area contributed by atoms with Crippen LogP contribution in [0.15, 0.2) is 158 Å². The summed E-state index contributed by atoms with van der Waals surface area (Å²) in [6.45, 7) is 9.71. The van der Waals surface area contributed by atoms with Gasteiger partial charge in [-0.1, -0.05) is 167 Å². The van der Waals surface area contributed by atoms with Crippen LogP contribution in [0.5, 0.6) is 0 Å². The lowest BCUT2D eigenvalue weighted by Crippen LogP contribution is -2.44. The molecule has 0 atom stereocenters. The van der Waals surface area contributed by atoms with Crippen molar-refractivity contribution in [1.29, 1.82) is 0 Å². The van der Waals surface area contributed by atoms with Crippen LogP contribution in [0.25, 0.3) is 83.6 Å². The Hall–Kier alpha value is -6.39. The Labute approximate surface area is 309 Å². The molecule has 0 amide bonds. The fourth-order valence-corrected chi connectivity index (χ4v) is 8.74. The van der Waals surface area contributed by atoms with Crippen LogP contribution in [-0.2, 0) is 10.8 Å². The van der Waals surface area contributed by atoms with Gasteiger partial charge in [0.2, 0.25) is 0 Å². The Morgan fingerprint density at radius 2 is 0.943 bits per heavy atom. The lowest BCUT2D eigenvalue weighted by molar-refractivity contribution is 0.301. The molecule has 53 heavy (non-hydrogen) atoms. The Bertz CT molecular complexity index is 2820. The molecular formula is C49H38N4. The number of hydrogen-bond acceptors (Lipinski definition) is 3. The zero-order valence-electron chi connectivity index (χ0n) is 30.3. The summed E-state index contributed by atoms with van der Waals surface area (Å²) in [6.07, 6.45) is 0. The number of fused-ring (bicyclic) bond motifs is 10. The zero-order chi connectivity index (χ0) is 35.9. The van der Waals surface area contributed by atoms with E-state index in [0.29, 0.717) is 17.5 Å². The van der Waals surface area contributed by atoms with Gasteiger partial charge in [0.05, 0.1) is 16.7 Å². The van der Waals surface area contributed by atoms with Gasteiger partial charge in [0.1, 0.15) is 0 Å². The molecule has 0 bridgehead atoms. The molecule has 4 nitrogen and oxygen atoms in total. The van der Waals surface area contributed by atoms with Crippen LogP contribution in [-0.4, -0.2) is 19.5 Å². The Morgan fingerprint density at radius 3 is 1.62 bits per heavy atom. The molecule has 0 unspecified atom stereocenters. The van der Waals surface area contributed by atoms with Crippen LogP contribution < -0.4 is 0 Å². The third-order valence-electron chi connectivity index (χ3n) is 12.0. The van der Waals surface area contributed by atoms with Crippen LogP contribution >= 0.6 is 0 Å². The lowest BCUT2D eigenvalue weighted by Gasteiger charge is -2.49. The van der Waals surface area contributed by atoms with Gasteiger partial charge in [-0.05, 0) is 56.6 Å². The second-order valence-corrected chi connectivity index (χ2v) is 15.2. The van der Waals surface area contributed by atoms with Crippen molar-refractivity contribution in [1.82, 2.24) is 19.5 Å². The second-order valence-electron chi connectivity index (χ2n) is 15.2. The van der Waals surface area contributed by atoms with Crippen molar-refractivity contribution in [2.24, 2.45) is 0 Å². The molecule has 0 N–H and O–H groups in total. The molecule has 10 rings (SSSR count). The van der Waals surface area contributed by atoms with Crippen LogP contribution in [0.4, 0.5) is 0 Å². The van der Waals surface area contributed by atoms with Gasteiger partial charge in [-0.3, -0.25) is 0 Å². The maximum Gasteiger partial charge on any atom is 0.166 e. The minimum Gasteiger partial charge on any atom is -0.308 e. The van der Waals surface area contributed by atoms with Crippen molar-refractivity contribution in [3.05, 3.63) is 169 Å². The maximum absolute atomic E-state index is 5.21. The van der Waals surface area contributed by atoms with Crippen molar-refractivity contribution in [3.63, 3.8) is 0 Å². The van der Waals surface area contributed by atoms with Crippen molar-refractivity contribution < 1.29 is 0 Å². The molecule has 0 radical (unpaired) electrons. The first-order valence-corrected chi connectivity index (χ1v) is 18.4. The summed E-state index contributed by atoms with van der Waals surface area (Å²) >= 11 is 0. The Morgan fingerprint density at radius 1 is 0.434 bits per heavy atom. The summed E-state index contributed by atoms with van der Waals surface area (Å²) in [4.78, 5) is 15.4. The number of hydrogen-bond donors (Lipinski definition) is 0. The van der Waals surface area contributed by atoms with Crippen LogP contribution in [0.2, 0.25) is 0 Å². The molecule has 7 aromatic carbocycles. The molecule has 4 heteroatoms. The van der Waals surface area contributed by atoms with Gasteiger partial charge < -0.3 is 4.57 Å². The molecule has 0 fully saturated rings. The highest BCUT2D eigenvalue weighted by Crippen LogP contribution is 2.59. The van der Waals surface area contributed by atoms with E-state index in [0.717, 1.165) is 27.9 Å². The van der Waals surface area contributed by atoms with Gasteiger partial charge in [-0.2, -0.15) is 0 Å². The maximum atomic E-state index is 5.21. The number of benzene rings is 7. The Kier molecular flexibility index (Phi) is 6.84.